The number of nitrogen functional groups attached to an aromatic ring is 1. The minimum absolute atomic E-state index is 0.0257. The molecule has 1 fully saturated rings. The van der Waals surface area contributed by atoms with E-state index in [9.17, 15) is 28.6 Å². The van der Waals surface area contributed by atoms with E-state index in [1.54, 1.807) is 0 Å². The summed E-state index contributed by atoms with van der Waals surface area (Å²) in [6.07, 6.45) is -2.53. The summed E-state index contributed by atoms with van der Waals surface area (Å²) in [5, 5.41) is 13.1. The summed E-state index contributed by atoms with van der Waals surface area (Å²) in [6, 6.07) is 13.3. The van der Waals surface area contributed by atoms with E-state index in [2.05, 4.69) is 19.3 Å². The first-order valence-electron chi connectivity index (χ1n) is 12.1. The van der Waals surface area contributed by atoms with Gasteiger partial charge in [-0.15, -0.1) is 0 Å². The highest BCUT2D eigenvalue weighted by Gasteiger charge is 2.48. The van der Waals surface area contributed by atoms with E-state index in [4.69, 9.17) is 29.5 Å². The molecule has 5 rings (SSSR count). The molecule has 42 heavy (non-hydrogen) atoms. The maximum absolute atomic E-state index is 12.3. The topological polar surface area (TPSA) is 259 Å². The standard InChI is InChI=1S/C22H26N5O12P3/c23-20-17-21(25-10-24-20)27(11-26-17)22-19(36-8-14-6-3-5-13-4-1-2-7-15(13)14)18(28)16(38-22)9-37-42(34,35)39-41(32,33)12-40(29,30)31/h1-7,10-11,16,18-19,22,28H,8-9,12H2,(H,32,33)(H,34,35)(H2,23,24,25)(H2,29,30,31)/t16-,18-,19-,22-/m1/s1. The van der Waals surface area contributed by atoms with Crippen LogP contribution < -0.4 is 5.73 Å². The summed E-state index contributed by atoms with van der Waals surface area (Å²) < 4.78 is 57.7. The van der Waals surface area contributed by atoms with Crippen LogP contribution in [0.25, 0.3) is 21.9 Å². The Morgan fingerprint density at radius 2 is 1.74 bits per heavy atom. The number of nitrogens with two attached hydrogens (primary N) is 1. The third kappa shape index (κ3) is 6.95. The van der Waals surface area contributed by atoms with E-state index < -0.39 is 60.1 Å². The lowest BCUT2D eigenvalue weighted by Crippen LogP contribution is -2.35. The summed E-state index contributed by atoms with van der Waals surface area (Å²) in [4.78, 5) is 49.7. The van der Waals surface area contributed by atoms with Gasteiger partial charge in [-0.05, 0) is 16.3 Å². The number of aliphatic hydroxyl groups excluding tert-OH is 1. The first-order valence-corrected chi connectivity index (χ1v) is 17.2. The van der Waals surface area contributed by atoms with Gasteiger partial charge < -0.3 is 39.9 Å². The lowest BCUT2D eigenvalue weighted by molar-refractivity contribution is -0.0756. The molecule has 6 atom stereocenters. The van der Waals surface area contributed by atoms with Gasteiger partial charge in [-0.3, -0.25) is 18.2 Å². The van der Waals surface area contributed by atoms with Crippen LogP contribution in [0.5, 0.6) is 0 Å². The molecule has 3 heterocycles. The number of phosphoric acid groups is 1. The highest BCUT2D eigenvalue weighted by molar-refractivity contribution is 7.73. The molecule has 0 amide bonds. The van der Waals surface area contributed by atoms with Crippen molar-refractivity contribution in [3.05, 3.63) is 60.7 Å². The second-order valence-electron chi connectivity index (χ2n) is 9.34. The van der Waals surface area contributed by atoms with E-state index in [0.717, 1.165) is 16.3 Å². The van der Waals surface area contributed by atoms with E-state index in [-0.39, 0.29) is 23.6 Å². The molecular weight excluding hydrogens is 619 g/mol. The van der Waals surface area contributed by atoms with Gasteiger partial charge in [0.1, 0.15) is 30.2 Å². The Hall–Kier alpha value is -2.62. The molecule has 17 nitrogen and oxygen atoms in total. The number of aliphatic hydroxyl groups is 1. The van der Waals surface area contributed by atoms with Crippen molar-refractivity contribution >= 4 is 50.8 Å². The van der Waals surface area contributed by atoms with Gasteiger partial charge in [0.05, 0.1) is 19.5 Å². The highest BCUT2D eigenvalue weighted by Crippen LogP contribution is 2.65. The Kier molecular flexibility index (Phi) is 8.67. The van der Waals surface area contributed by atoms with Gasteiger partial charge in [0.15, 0.2) is 23.6 Å². The van der Waals surface area contributed by atoms with Gasteiger partial charge in [-0.2, -0.15) is 0 Å². The average Bonchev–Trinajstić information content (AvgIpc) is 3.45. The SMILES string of the molecule is Nc1ncnc2c1ncn2[C@@H]1O[C@H](COP(=O)(O)OP(=O)(O)CP(=O)(O)O)[C@@H](O)[C@H]1OCc1cccc2ccccc12. The number of imidazole rings is 1. The van der Waals surface area contributed by atoms with Crippen molar-refractivity contribution in [2.75, 3.05) is 18.2 Å². The molecule has 20 heteroatoms. The van der Waals surface area contributed by atoms with Gasteiger partial charge in [0.25, 0.3) is 0 Å². The van der Waals surface area contributed by atoms with Crippen molar-refractivity contribution in [2.24, 2.45) is 0 Å². The first kappa shape index (κ1) is 30.8. The zero-order valence-corrected chi connectivity index (χ0v) is 24.1. The quantitative estimate of drug-likeness (QED) is 0.127. The summed E-state index contributed by atoms with van der Waals surface area (Å²) >= 11 is 0. The number of nitrogens with zero attached hydrogens (tertiary/aromatic N) is 4. The molecule has 0 radical (unpaired) electrons. The molecule has 0 bridgehead atoms. The lowest BCUT2D eigenvalue weighted by Gasteiger charge is -2.22. The Morgan fingerprint density at radius 3 is 2.50 bits per heavy atom. The Balaban J connectivity index is 1.38. The van der Waals surface area contributed by atoms with Gasteiger partial charge in [0.2, 0.25) is 0 Å². The van der Waals surface area contributed by atoms with Gasteiger partial charge in [-0.1, -0.05) is 42.5 Å². The van der Waals surface area contributed by atoms with Crippen molar-refractivity contribution in [3.63, 3.8) is 0 Å². The number of benzene rings is 2. The largest absolute Gasteiger partial charge is 0.479 e. The highest BCUT2D eigenvalue weighted by atomic mass is 31.3. The number of hydrogen-bond donors (Lipinski definition) is 6. The summed E-state index contributed by atoms with van der Waals surface area (Å²) in [5.74, 6) is -1.62. The number of fused-ring (bicyclic) bond motifs is 2. The number of anilines is 1. The van der Waals surface area contributed by atoms with Crippen molar-refractivity contribution in [2.45, 2.75) is 31.1 Å². The summed E-state index contributed by atoms with van der Waals surface area (Å²) in [7, 11) is -15.7. The van der Waals surface area contributed by atoms with Crippen LogP contribution in [-0.4, -0.2) is 75.0 Å². The normalized spacial score (nSPS) is 24.1. The number of hydrogen-bond acceptors (Lipinski definition) is 12. The minimum Gasteiger partial charge on any atom is -0.387 e. The molecular formula is C22H26N5O12P3. The molecule has 0 spiro atoms. The molecule has 0 aliphatic carbocycles. The third-order valence-corrected chi connectivity index (χ3v) is 11.5. The van der Waals surface area contributed by atoms with Crippen LogP contribution in [0, 0.1) is 0 Å². The van der Waals surface area contributed by atoms with E-state index in [1.165, 1.54) is 17.2 Å². The van der Waals surface area contributed by atoms with Crippen molar-refractivity contribution < 1.29 is 56.7 Å². The van der Waals surface area contributed by atoms with Crippen LogP contribution >= 0.6 is 23.0 Å². The predicted octanol–water partition coefficient (Wildman–Crippen LogP) is 1.86. The monoisotopic (exact) mass is 645 g/mol. The minimum atomic E-state index is -5.36. The van der Waals surface area contributed by atoms with Crippen LogP contribution in [0.4, 0.5) is 5.82 Å². The molecule has 4 aromatic rings. The fraction of sp³-hybridized carbons (Fsp3) is 0.318. The van der Waals surface area contributed by atoms with E-state index >= 15 is 0 Å². The average molecular weight is 645 g/mol. The predicted molar refractivity (Wildman–Crippen MR) is 146 cm³/mol. The van der Waals surface area contributed by atoms with Gasteiger partial charge in [0, 0.05) is 0 Å². The van der Waals surface area contributed by atoms with E-state index in [0.29, 0.717) is 0 Å². The Bertz CT molecular complexity index is 1740. The van der Waals surface area contributed by atoms with Crippen molar-refractivity contribution in [1.29, 1.82) is 0 Å². The van der Waals surface area contributed by atoms with E-state index in [1.807, 2.05) is 42.5 Å². The Labute approximate surface area is 237 Å². The van der Waals surface area contributed by atoms with Crippen LogP contribution in [-0.2, 0) is 38.6 Å². The molecule has 7 N–H and O–H groups in total. The number of phosphoric ester groups is 1. The number of ether oxygens (including phenoxy) is 2. The molecule has 1 aliphatic rings. The molecule has 2 aromatic carbocycles. The van der Waals surface area contributed by atoms with Crippen LogP contribution in [0.3, 0.4) is 0 Å². The van der Waals surface area contributed by atoms with Crippen molar-refractivity contribution in [3.8, 4) is 0 Å². The number of aromatic nitrogens is 4. The molecule has 1 saturated heterocycles. The third-order valence-electron chi connectivity index (χ3n) is 6.28. The second kappa shape index (κ2) is 11.8. The fourth-order valence-corrected chi connectivity index (χ4v) is 8.88. The maximum atomic E-state index is 12.3. The molecule has 2 aromatic heterocycles. The maximum Gasteiger partial charge on any atom is 0.479 e. The molecule has 0 saturated carbocycles. The zero-order valence-electron chi connectivity index (χ0n) is 21.4. The van der Waals surface area contributed by atoms with Crippen molar-refractivity contribution in [1.82, 2.24) is 19.5 Å². The second-order valence-corrected chi connectivity index (χ2v) is 14.9. The van der Waals surface area contributed by atoms with Crippen LogP contribution in [0.2, 0.25) is 0 Å². The molecule has 2 unspecified atom stereocenters. The van der Waals surface area contributed by atoms with Crippen LogP contribution in [0.1, 0.15) is 11.8 Å². The lowest BCUT2D eigenvalue weighted by atomic mass is 10.1. The molecule has 226 valence electrons. The van der Waals surface area contributed by atoms with Gasteiger partial charge in [-0.25, -0.2) is 23.8 Å². The summed E-state index contributed by atoms with van der Waals surface area (Å²) in [6.45, 7) is -0.822. The smallest absolute Gasteiger partial charge is 0.387 e. The molecule has 1 aliphatic heterocycles. The fourth-order valence-electron chi connectivity index (χ4n) is 4.53. The Morgan fingerprint density at radius 1 is 1.00 bits per heavy atom. The zero-order chi connectivity index (χ0) is 30.3. The van der Waals surface area contributed by atoms with Gasteiger partial charge >= 0.3 is 23.0 Å². The number of rotatable bonds is 11. The first-order chi connectivity index (χ1) is 19.7. The summed E-state index contributed by atoms with van der Waals surface area (Å²) in [5.41, 5.74) is 7.19. The van der Waals surface area contributed by atoms with Crippen LogP contribution in [0.15, 0.2) is 55.1 Å².